The zero-order valence-electron chi connectivity index (χ0n) is 19.4. The van der Waals surface area contributed by atoms with Crippen molar-refractivity contribution in [3.05, 3.63) is 72.1 Å². The fourth-order valence-corrected chi connectivity index (χ4v) is 4.20. The van der Waals surface area contributed by atoms with Crippen LogP contribution in [0.1, 0.15) is 25.2 Å². The summed E-state index contributed by atoms with van der Waals surface area (Å²) in [5, 5.41) is 17.5. The van der Waals surface area contributed by atoms with Gasteiger partial charge in [0.15, 0.2) is 0 Å². The van der Waals surface area contributed by atoms with Crippen molar-refractivity contribution in [2.75, 3.05) is 37.7 Å². The minimum atomic E-state index is -0.0146. The van der Waals surface area contributed by atoms with Gasteiger partial charge in [0.25, 0.3) is 0 Å². The molecule has 1 aliphatic rings. The predicted octanol–water partition coefficient (Wildman–Crippen LogP) is 3.21. The molecule has 0 atom stereocenters. The predicted molar refractivity (Wildman–Crippen MR) is 131 cm³/mol. The molecule has 1 aliphatic heterocycles. The number of aromatic hydroxyl groups is 1. The van der Waals surface area contributed by atoms with Gasteiger partial charge in [0.2, 0.25) is 5.91 Å². The number of rotatable bonds is 8. The monoisotopic (exact) mass is 447 g/mol. The van der Waals surface area contributed by atoms with E-state index >= 15 is 0 Å². The molecule has 3 aromatic rings. The first kappa shape index (κ1) is 22.9. The van der Waals surface area contributed by atoms with Crippen LogP contribution in [0.25, 0.3) is 5.69 Å². The molecule has 2 N–H and O–H groups in total. The summed E-state index contributed by atoms with van der Waals surface area (Å²) in [4.78, 5) is 17.1. The second-order valence-electron chi connectivity index (χ2n) is 9.03. The summed E-state index contributed by atoms with van der Waals surface area (Å²) in [6, 6.07) is 19.5. The number of piperazine rings is 1. The van der Waals surface area contributed by atoms with Crippen molar-refractivity contribution in [1.29, 1.82) is 0 Å². The largest absolute Gasteiger partial charge is 0.508 e. The first-order valence-electron chi connectivity index (χ1n) is 11.6. The maximum absolute atomic E-state index is 12.6. The van der Waals surface area contributed by atoms with Gasteiger partial charge in [0.05, 0.1) is 24.5 Å². The number of anilines is 1. The van der Waals surface area contributed by atoms with Gasteiger partial charge in [-0.15, -0.1) is 0 Å². The summed E-state index contributed by atoms with van der Waals surface area (Å²) < 4.78 is 1.96. The van der Waals surface area contributed by atoms with Crippen LogP contribution in [0, 0.1) is 5.92 Å². The van der Waals surface area contributed by atoms with Crippen LogP contribution in [-0.4, -0.2) is 58.5 Å². The highest BCUT2D eigenvalue weighted by atomic mass is 16.3. The maximum atomic E-state index is 12.6. The van der Waals surface area contributed by atoms with Crippen LogP contribution in [0.15, 0.2) is 60.7 Å². The Hall–Kier alpha value is -3.32. The standard InChI is InChI=1S/C26H33N5O2/c1-20(2)15-24-16-21(28-31(24)22-7-4-3-5-8-22)17-26(33)27-19-29-11-13-30(14-12-29)23-9-6-10-25(32)18-23/h3-10,16,18,20,32H,11-15,17,19H2,1-2H3,(H,27,33). The molecule has 33 heavy (non-hydrogen) atoms. The normalized spacial score (nSPS) is 14.6. The molecule has 2 aromatic carbocycles. The summed E-state index contributed by atoms with van der Waals surface area (Å²) in [6.45, 7) is 8.35. The number of carbonyl (C=O) groups is 1. The van der Waals surface area contributed by atoms with E-state index in [0.29, 0.717) is 12.6 Å². The van der Waals surface area contributed by atoms with Crippen LogP contribution >= 0.6 is 0 Å². The van der Waals surface area contributed by atoms with Crippen molar-refractivity contribution < 1.29 is 9.90 Å². The third kappa shape index (κ3) is 6.14. The van der Waals surface area contributed by atoms with E-state index in [1.165, 1.54) is 0 Å². The number of para-hydroxylation sites is 1. The minimum Gasteiger partial charge on any atom is -0.508 e. The lowest BCUT2D eigenvalue weighted by Gasteiger charge is -2.36. The molecule has 1 amide bonds. The summed E-state index contributed by atoms with van der Waals surface area (Å²) in [6.07, 6.45) is 1.18. The summed E-state index contributed by atoms with van der Waals surface area (Å²) in [5.74, 6) is 0.775. The Balaban J connectivity index is 1.30. The van der Waals surface area contributed by atoms with E-state index in [4.69, 9.17) is 5.10 Å². The van der Waals surface area contributed by atoms with Crippen molar-refractivity contribution in [1.82, 2.24) is 20.0 Å². The number of carbonyl (C=O) groups excluding carboxylic acids is 1. The van der Waals surface area contributed by atoms with Crippen molar-refractivity contribution >= 4 is 11.6 Å². The van der Waals surface area contributed by atoms with Crippen LogP contribution < -0.4 is 10.2 Å². The molecular weight excluding hydrogens is 414 g/mol. The summed E-state index contributed by atoms with van der Waals surface area (Å²) in [5.41, 5.74) is 3.97. The third-order valence-electron chi connectivity index (χ3n) is 5.86. The first-order chi connectivity index (χ1) is 16.0. The Kier molecular flexibility index (Phi) is 7.29. The van der Waals surface area contributed by atoms with E-state index in [2.05, 4.69) is 35.0 Å². The van der Waals surface area contributed by atoms with Crippen molar-refractivity contribution in [2.45, 2.75) is 26.7 Å². The second kappa shape index (κ2) is 10.5. The number of nitrogens with zero attached hydrogens (tertiary/aromatic N) is 4. The lowest BCUT2D eigenvalue weighted by Crippen LogP contribution is -2.50. The van der Waals surface area contributed by atoms with Gasteiger partial charge in [-0.3, -0.25) is 9.69 Å². The van der Waals surface area contributed by atoms with E-state index in [0.717, 1.165) is 55.4 Å². The van der Waals surface area contributed by atoms with Crippen LogP contribution in [0.5, 0.6) is 5.75 Å². The lowest BCUT2D eigenvalue weighted by atomic mass is 10.1. The van der Waals surface area contributed by atoms with Crippen molar-refractivity contribution in [3.8, 4) is 11.4 Å². The third-order valence-corrected chi connectivity index (χ3v) is 5.86. The molecular formula is C26H33N5O2. The molecule has 0 spiro atoms. The van der Waals surface area contributed by atoms with Gasteiger partial charge in [-0.1, -0.05) is 38.1 Å². The number of nitrogens with one attached hydrogen (secondary N) is 1. The van der Waals surface area contributed by atoms with Gasteiger partial charge >= 0.3 is 0 Å². The van der Waals surface area contributed by atoms with Gasteiger partial charge in [0.1, 0.15) is 5.75 Å². The number of hydrogen-bond acceptors (Lipinski definition) is 5. The molecule has 0 radical (unpaired) electrons. The molecule has 1 saturated heterocycles. The van der Waals surface area contributed by atoms with Crippen LogP contribution in [0.2, 0.25) is 0 Å². The highest BCUT2D eigenvalue weighted by Crippen LogP contribution is 2.21. The van der Waals surface area contributed by atoms with E-state index in [9.17, 15) is 9.90 Å². The van der Waals surface area contributed by atoms with Crippen molar-refractivity contribution in [2.24, 2.45) is 5.92 Å². The SMILES string of the molecule is CC(C)Cc1cc(CC(=O)NCN2CCN(c3cccc(O)c3)CC2)nn1-c1ccccc1. The molecule has 7 nitrogen and oxygen atoms in total. The Morgan fingerprint density at radius 1 is 1.00 bits per heavy atom. The van der Waals surface area contributed by atoms with E-state index in [-0.39, 0.29) is 18.1 Å². The zero-order valence-corrected chi connectivity index (χ0v) is 19.4. The number of aromatic nitrogens is 2. The smallest absolute Gasteiger partial charge is 0.227 e. The molecule has 0 aliphatic carbocycles. The second-order valence-corrected chi connectivity index (χ2v) is 9.03. The van der Waals surface area contributed by atoms with Gasteiger partial charge in [-0.2, -0.15) is 5.10 Å². The van der Waals surface area contributed by atoms with E-state index in [1.54, 1.807) is 12.1 Å². The first-order valence-corrected chi connectivity index (χ1v) is 11.6. The molecule has 0 unspecified atom stereocenters. The molecule has 1 fully saturated rings. The van der Waals surface area contributed by atoms with Gasteiger partial charge in [0, 0.05) is 43.6 Å². The molecule has 0 bridgehead atoms. The minimum absolute atomic E-state index is 0.0146. The van der Waals surface area contributed by atoms with E-state index < -0.39 is 0 Å². The molecule has 7 heteroatoms. The van der Waals surface area contributed by atoms with Gasteiger partial charge < -0.3 is 15.3 Å². The Labute approximate surface area is 195 Å². The molecule has 0 saturated carbocycles. The van der Waals surface area contributed by atoms with E-state index in [1.807, 2.05) is 47.1 Å². The van der Waals surface area contributed by atoms with Gasteiger partial charge in [-0.05, 0) is 42.7 Å². The highest BCUT2D eigenvalue weighted by Gasteiger charge is 2.19. The number of amides is 1. The fraction of sp³-hybridized carbons (Fsp3) is 0.385. The average molecular weight is 448 g/mol. The Morgan fingerprint density at radius 2 is 1.73 bits per heavy atom. The van der Waals surface area contributed by atoms with Crippen LogP contribution in [-0.2, 0) is 17.6 Å². The Morgan fingerprint density at radius 3 is 2.42 bits per heavy atom. The summed E-state index contributed by atoms with van der Waals surface area (Å²) >= 11 is 0. The number of phenolic OH excluding ortho intramolecular Hbond substituents is 1. The fourth-order valence-electron chi connectivity index (χ4n) is 4.20. The van der Waals surface area contributed by atoms with Gasteiger partial charge in [-0.25, -0.2) is 4.68 Å². The molecule has 1 aromatic heterocycles. The Bertz CT molecular complexity index is 1060. The average Bonchev–Trinajstić information content (AvgIpc) is 3.20. The lowest BCUT2D eigenvalue weighted by molar-refractivity contribution is -0.121. The maximum Gasteiger partial charge on any atom is 0.227 e. The highest BCUT2D eigenvalue weighted by molar-refractivity contribution is 5.78. The van der Waals surface area contributed by atoms with Crippen LogP contribution in [0.4, 0.5) is 5.69 Å². The number of phenols is 1. The van der Waals surface area contributed by atoms with Crippen molar-refractivity contribution in [3.63, 3.8) is 0 Å². The van der Waals surface area contributed by atoms with Crippen LogP contribution in [0.3, 0.4) is 0 Å². The molecule has 2 heterocycles. The number of hydrogen-bond donors (Lipinski definition) is 2. The molecule has 4 rings (SSSR count). The zero-order chi connectivity index (χ0) is 23.2. The summed E-state index contributed by atoms with van der Waals surface area (Å²) in [7, 11) is 0. The molecule has 174 valence electrons. The quantitative estimate of drug-likeness (QED) is 0.555. The number of benzene rings is 2. The topological polar surface area (TPSA) is 73.6 Å².